The van der Waals surface area contributed by atoms with E-state index in [0.717, 1.165) is 11.1 Å². The molecular weight excluding hydrogens is 485 g/mol. The number of nitrogens with two attached hydrogens (primary N) is 1. The molecule has 38 heavy (non-hydrogen) atoms. The molecule has 3 heterocycles. The molecule has 0 radical (unpaired) electrons. The second-order valence-electron chi connectivity index (χ2n) is 12.4. The van der Waals surface area contributed by atoms with Crippen LogP contribution in [0.5, 0.6) is 0 Å². The molecule has 3 amide bonds. The summed E-state index contributed by atoms with van der Waals surface area (Å²) in [5, 5.41) is 13.0. The van der Waals surface area contributed by atoms with Gasteiger partial charge >= 0.3 is 0 Å². The summed E-state index contributed by atoms with van der Waals surface area (Å²) < 4.78 is 14.5. The number of likely N-dealkylation sites (tertiary alicyclic amines) is 1. The number of para-hydroxylation sites is 1. The van der Waals surface area contributed by atoms with E-state index < -0.39 is 46.1 Å². The zero-order valence-electron chi connectivity index (χ0n) is 21.6. The van der Waals surface area contributed by atoms with Gasteiger partial charge in [0.05, 0.1) is 17.2 Å². The van der Waals surface area contributed by atoms with Gasteiger partial charge in [0.15, 0.2) is 0 Å². The van der Waals surface area contributed by atoms with Gasteiger partial charge in [-0.1, -0.05) is 45.0 Å². The maximum Gasteiger partial charge on any atom is 0.248 e. The molecule has 2 aromatic rings. The highest BCUT2D eigenvalue weighted by molar-refractivity contribution is 6.11. The molecule has 1 saturated heterocycles. The third-order valence-electron chi connectivity index (χ3n) is 8.57. The molecule has 2 unspecified atom stereocenters. The van der Waals surface area contributed by atoms with Crippen LogP contribution in [0.4, 0.5) is 15.8 Å². The number of nitriles is 1. The molecule has 1 spiro atoms. The first-order valence-corrected chi connectivity index (χ1v) is 12.9. The number of benzene rings is 2. The summed E-state index contributed by atoms with van der Waals surface area (Å²) in [6.07, 6.45) is 0.850. The zero-order chi connectivity index (χ0) is 27.2. The van der Waals surface area contributed by atoms with E-state index in [9.17, 15) is 24.0 Å². The second-order valence-corrected chi connectivity index (χ2v) is 12.4. The second kappa shape index (κ2) is 7.87. The first kappa shape index (κ1) is 24.6. The number of nitrogens with one attached hydrogen (secondary N) is 1. The number of anilines is 2. The van der Waals surface area contributed by atoms with Crippen molar-refractivity contribution in [3.05, 3.63) is 59.4 Å². The van der Waals surface area contributed by atoms with E-state index in [2.05, 4.69) is 11.4 Å². The number of carbonyl (C=O) groups is 3. The molecular formula is C29H30FN5O3. The average Bonchev–Trinajstić information content (AvgIpc) is 3.30. The molecule has 6 rings (SSSR count). The molecule has 2 fully saturated rings. The van der Waals surface area contributed by atoms with Crippen LogP contribution in [0.25, 0.3) is 0 Å². The largest absolute Gasteiger partial charge is 0.325 e. The molecule has 3 N–H and O–H groups in total. The number of rotatable bonds is 3. The summed E-state index contributed by atoms with van der Waals surface area (Å²) in [4.78, 5) is 44.3. The zero-order valence-corrected chi connectivity index (χ0v) is 21.6. The Morgan fingerprint density at radius 3 is 2.68 bits per heavy atom. The van der Waals surface area contributed by atoms with Crippen molar-refractivity contribution in [1.82, 2.24) is 4.90 Å². The van der Waals surface area contributed by atoms with Gasteiger partial charge in [-0.05, 0) is 47.6 Å². The minimum Gasteiger partial charge on any atom is -0.325 e. The lowest BCUT2D eigenvalue weighted by Gasteiger charge is -2.41. The summed E-state index contributed by atoms with van der Waals surface area (Å²) in [6.45, 7) is 5.89. The third-order valence-corrected chi connectivity index (χ3v) is 8.57. The van der Waals surface area contributed by atoms with Gasteiger partial charge in [0.1, 0.15) is 23.4 Å². The predicted molar refractivity (Wildman–Crippen MR) is 139 cm³/mol. The van der Waals surface area contributed by atoms with Crippen LogP contribution in [0.3, 0.4) is 0 Å². The maximum atomic E-state index is 14.5. The molecule has 9 heteroatoms. The fourth-order valence-electron chi connectivity index (χ4n) is 6.61. The number of hydrogen-bond acceptors (Lipinski definition) is 5. The van der Waals surface area contributed by atoms with Gasteiger partial charge in [-0.2, -0.15) is 5.26 Å². The fourth-order valence-corrected chi connectivity index (χ4v) is 6.61. The smallest absolute Gasteiger partial charge is 0.248 e. The number of hydrogen-bond donors (Lipinski definition) is 2. The highest BCUT2D eigenvalue weighted by atomic mass is 19.1. The van der Waals surface area contributed by atoms with Crippen molar-refractivity contribution in [2.45, 2.75) is 69.0 Å². The summed E-state index contributed by atoms with van der Waals surface area (Å²) >= 11 is 0. The van der Waals surface area contributed by atoms with Crippen molar-refractivity contribution >= 4 is 29.1 Å². The van der Waals surface area contributed by atoms with Crippen LogP contribution < -0.4 is 16.0 Å². The van der Waals surface area contributed by atoms with Gasteiger partial charge in [-0.15, -0.1) is 0 Å². The number of nitrogens with zero attached hydrogens (tertiary/aromatic N) is 3. The molecule has 1 aliphatic carbocycles. The summed E-state index contributed by atoms with van der Waals surface area (Å²) in [5.41, 5.74) is 6.46. The van der Waals surface area contributed by atoms with Crippen LogP contribution in [0.2, 0.25) is 0 Å². The third kappa shape index (κ3) is 3.39. The normalized spacial score (nSPS) is 29.9. The fraction of sp³-hybridized carbons (Fsp3) is 0.448. The number of amides is 3. The van der Waals surface area contributed by atoms with Crippen molar-refractivity contribution < 1.29 is 18.8 Å². The van der Waals surface area contributed by atoms with E-state index in [1.54, 1.807) is 12.1 Å². The van der Waals surface area contributed by atoms with Gasteiger partial charge < -0.3 is 16.0 Å². The van der Waals surface area contributed by atoms with Gasteiger partial charge in [-0.25, -0.2) is 4.39 Å². The molecule has 8 nitrogen and oxygen atoms in total. The number of fused-ring (bicyclic) bond motifs is 5. The Balaban J connectivity index is 1.43. The maximum absolute atomic E-state index is 14.5. The van der Waals surface area contributed by atoms with E-state index >= 15 is 0 Å². The minimum absolute atomic E-state index is 0.0159. The number of halogens is 1. The quantitative estimate of drug-likeness (QED) is 0.651. The van der Waals surface area contributed by atoms with Crippen molar-refractivity contribution in [3.8, 4) is 6.07 Å². The molecule has 0 aromatic heterocycles. The van der Waals surface area contributed by atoms with Crippen LogP contribution in [0.1, 0.15) is 57.1 Å². The van der Waals surface area contributed by atoms with Crippen LogP contribution in [0, 0.1) is 22.6 Å². The van der Waals surface area contributed by atoms with Gasteiger partial charge in [0.25, 0.3) is 0 Å². The van der Waals surface area contributed by atoms with Crippen LogP contribution in [0.15, 0.2) is 42.5 Å². The number of carbonyl (C=O) groups excluding carboxylic acids is 3. The van der Waals surface area contributed by atoms with Crippen LogP contribution in [-0.2, 0) is 19.8 Å². The highest BCUT2D eigenvalue weighted by Gasteiger charge is 2.65. The average molecular weight is 516 g/mol. The lowest BCUT2D eigenvalue weighted by molar-refractivity contribution is -0.136. The van der Waals surface area contributed by atoms with E-state index in [-0.39, 0.29) is 31.2 Å². The van der Waals surface area contributed by atoms with Crippen molar-refractivity contribution in [2.24, 2.45) is 11.1 Å². The first-order chi connectivity index (χ1) is 17.9. The van der Waals surface area contributed by atoms with Gasteiger partial charge in [0, 0.05) is 24.6 Å². The minimum atomic E-state index is -1.13. The molecule has 4 aliphatic rings. The Labute approximate surface area is 220 Å². The molecule has 196 valence electrons. The van der Waals surface area contributed by atoms with Gasteiger partial charge in [0.2, 0.25) is 17.7 Å². The summed E-state index contributed by atoms with van der Waals surface area (Å²) in [5.74, 6) is -1.82. The van der Waals surface area contributed by atoms with Crippen molar-refractivity contribution in [3.63, 3.8) is 0 Å². The van der Waals surface area contributed by atoms with E-state index in [1.165, 1.54) is 21.9 Å². The van der Waals surface area contributed by atoms with Crippen molar-refractivity contribution in [2.75, 3.05) is 16.8 Å². The van der Waals surface area contributed by atoms with Crippen LogP contribution >= 0.6 is 0 Å². The molecule has 5 atom stereocenters. The Bertz CT molecular complexity index is 1440. The van der Waals surface area contributed by atoms with Gasteiger partial charge in [-0.3, -0.25) is 19.3 Å². The summed E-state index contributed by atoms with van der Waals surface area (Å²) in [7, 11) is 0. The van der Waals surface area contributed by atoms with E-state index in [4.69, 9.17) is 5.73 Å². The monoisotopic (exact) mass is 515 g/mol. The molecule has 1 saturated carbocycles. The molecule has 0 bridgehead atoms. The molecule has 2 aromatic carbocycles. The lowest BCUT2D eigenvalue weighted by atomic mass is 9.80. The topological polar surface area (TPSA) is 120 Å². The Morgan fingerprint density at radius 1 is 1.24 bits per heavy atom. The Hall–Kier alpha value is -3.77. The Morgan fingerprint density at radius 2 is 1.97 bits per heavy atom. The van der Waals surface area contributed by atoms with E-state index in [0.29, 0.717) is 17.8 Å². The standard InChI is InChI=1S/C29H30FN5O3/c1-27(2,3)13-23(35-22-10-16(30)8-9-18(22)20-12-29(20,32)26(35)38)24(36)34-15-28(11-17(34)14-31)19-6-4-5-7-21(19)33-25(28)37/h4-10,17,20,23H,11-13,15,32H2,1-3H3,(H,33,37)/t17-,20?,23-,28-,29?/m0/s1. The molecule has 3 aliphatic heterocycles. The SMILES string of the molecule is CC(C)(C)C[C@@H](C(=O)N1C[C@]2(C[C@H]1C#N)C(=O)Nc1ccccc12)N1C(=O)C2(N)CC2c2ccc(F)cc21. The lowest BCUT2D eigenvalue weighted by Crippen LogP contribution is -2.60. The highest BCUT2D eigenvalue weighted by Crippen LogP contribution is 2.58. The van der Waals surface area contributed by atoms with E-state index in [1.807, 2.05) is 39.0 Å². The predicted octanol–water partition coefficient (Wildman–Crippen LogP) is 3.18. The van der Waals surface area contributed by atoms with Crippen LogP contribution in [-0.4, -0.2) is 46.8 Å². The van der Waals surface area contributed by atoms with Crippen molar-refractivity contribution in [1.29, 1.82) is 5.26 Å². The summed E-state index contributed by atoms with van der Waals surface area (Å²) in [6, 6.07) is 11.9. The first-order valence-electron chi connectivity index (χ1n) is 12.9. The Kier molecular flexibility index (Phi) is 5.09.